The standard InChI is InChI=1S/C12H23N3O3/c1-8(11(16)17)9(2)13-12(18)15-6-5-10(7-15)14(3)4/h8-10H,5-7H2,1-4H3,(H,13,18)(H,16,17). The van der Waals surface area contributed by atoms with Crippen LogP contribution >= 0.6 is 0 Å². The maximum absolute atomic E-state index is 12.0. The lowest BCUT2D eigenvalue weighted by atomic mass is 10.0. The summed E-state index contributed by atoms with van der Waals surface area (Å²) in [6.45, 7) is 4.74. The van der Waals surface area contributed by atoms with Crippen molar-refractivity contribution < 1.29 is 14.7 Å². The van der Waals surface area contributed by atoms with Crippen LogP contribution in [-0.2, 0) is 4.79 Å². The van der Waals surface area contributed by atoms with Crippen LogP contribution in [0.1, 0.15) is 20.3 Å². The quantitative estimate of drug-likeness (QED) is 0.766. The Labute approximate surface area is 108 Å². The van der Waals surface area contributed by atoms with E-state index in [1.54, 1.807) is 18.7 Å². The molecule has 18 heavy (non-hydrogen) atoms. The lowest BCUT2D eigenvalue weighted by Crippen LogP contribution is -2.47. The van der Waals surface area contributed by atoms with Gasteiger partial charge in [0.2, 0.25) is 0 Å². The van der Waals surface area contributed by atoms with Gasteiger partial charge in [-0.05, 0) is 34.4 Å². The fraction of sp³-hybridized carbons (Fsp3) is 0.833. The molecule has 1 fully saturated rings. The number of hydrogen-bond acceptors (Lipinski definition) is 3. The van der Waals surface area contributed by atoms with Crippen LogP contribution in [0.15, 0.2) is 0 Å². The zero-order valence-corrected chi connectivity index (χ0v) is 11.5. The molecule has 0 radical (unpaired) electrons. The van der Waals surface area contributed by atoms with Crippen LogP contribution in [0, 0.1) is 5.92 Å². The third-order valence-electron chi connectivity index (χ3n) is 3.67. The Hall–Kier alpha value is -1.30. The minimum Gasteiger partial charge on any atom is -0.481 e. The maximum atomic E-state index is 12.0. The van der Waals surface area contributed by atoms with E-state index >= 15 is 0 Å². The summed E-state index contributed by atoms with van der Waals surface area (Å²) < 4.78 is 0. The Kier molecular flexibility index (Phi) is 4.95. The van der Waals surface area contributed by atoms with Gasteiger partial charge in [0.15, 0.2) is 0 Å². The predicted molar refractivity (Wildman–Crippen MR) is 68.5 cm³/mol. The Morgan fingerprint density at radius 3 is 2.44 bits per heavy atom. The molecular weight excluding hydrogens is 234 g/mol. The molecule has 3 atom stereocenters. The van der Waals surface area contributed by atoms with Gasteiger partial charge in [-0.15, -0.1) is 0 Å². The maximum Gasteiger partial charge on any atom is 0.317 e. The molecule has 2 N–H and O–H groups in total. The lowest BCUT2D eigenvalue weighted by molar-refractivity contribution is -0.141. The first kappa shape index (κ1) is 14.8. The van der Waals surface area contributed by atoms with E-state index in [4.69, 9.17) is 5.11 Å². The number of carboxylic acid groups (broad SMARTS) is 1. The molecule has 0 aromatic carbocycles. The number of hydrogen-bond donors (Lipinski definition) is 2. The molecule has 0 bridgehead atoms. The topological polar surface area (TPSA) is 72.9 Å². The molecule has 0 spiro atoms. The molecule has 0 aromatic heterocycles. The molecule has 1 rings (SSSR count). The third-order valence-corrected chi connectivity index (χ3v) is 3.67. The number of likely N-dealkylation sites (tertiary alicyclic amines) is 1. The summed E-state index contributed by atoms with van der Waals surface area (Å²) >= 11 is 0. The summed E-state index contributed by atoms with van der Waals surface area (Å²) in [6.07, 6.45) is 0.962. The van der Waals surface area contributed by atoms with Gasteiger partial charge in [-0.3, -0.25) is 4.79 Å². The van der Waals surface area contributed by atoms with Crippen LogP contribution in [0.5, 0.6) is 0 Å². The monoisotopic (exact) mass is 257 g/mol. The highest BCUT2D eigenvalue weighted by Crippen LogP contribution is 2.13. The molecule has 2 amide bonds. The van der Waals surface area contributed by atoms with Crippen LogP contribution in [-0.4, -0.2) is 66.2 Å². The number of nitrogens with zero attached hydrogens (tertiary/aromatic N) is 2. The Morgan fingerprint density at radius 2 is 2.00 bits per heavy atom. The van der Waals surface area contributed by atoms with Gasteiger partial charge >= 0.3 is 12.0 Å². The highest BCUT2D eigenvalue weighted by atomic mass is 16.4. The summed E-state index contributed by atoms with van der Waals surface area (Å²) in [5.41, 5.74) is 0. The smallest absolute Gasteiger partial charge is 0.317 e. The van der Waals surface area contributed by atoms with Gasteiger partial charge in [0.25, 0.3) is 0 Å². The second-order valence-electron chi connectivity index (χ2n) is 5.22. The second-order valence-corrected chi connectivity index (χ2v) is 5.22. The van der Waals surface area contributed by atoms with E-state index in [1.165, 1.54) is 0 Å². The Balaban J connectivity index is 2.45. The van der Waals surface area contributed by atoms with Crippen molar-refractivity contribution in [1.82, 2.24) is 15.1 Å². The first-order valence-electron chi connectivity index (χ1n) is 6.27. The predicted octanol–water partition coefficient (Wildman–Crippen LogP) is 0.441. The van der Waals surface area contributed by atoms with E-state index in [2.05, 4.69) is 10.2 Å². The largest absolute Gasteiger partial charge is 0.481 e. The molecule has 1 aliphatic rings. The van der Waals surface area contributed by atoms with Crippen molar-refractivity contribution in [3.05, 3.63) is 0 Å². The average Bonchev–Trinajstić information content (AvgIpc) is 2.76. The van der Waals surface area contributed by atoms with Gasteiger partial charge in [0, 0.05) is 25.2 Å². The van der Waals surface area contributed by atoms with Gasteiger partial charge < -0.3 is 20.2 Å². The number of aliphatic carboxylic acids is 1. The third kappa shape index (κ3) is 3.60. The highest BCUT2D eigenvalue weighted by Gasteiger charge is 2.29. The summed E-state index contributed by atoms with van der Waals surface area (Å²) in [7, 11) is 4.00. The minimum atomic E-state index is -0.893. The highest BCUT2D eigenvalue weighted by molar-refractivity contribution is 5.76. The minimum absolute atomic E-state index is 0.167. The second kappa shape index (κ2) is 6.04. The van der Waals surface area contributed by atoms with Gasteiger partial charge in [0.05, 0.1) is 5.92 Å². The van der Waals surface area contributed by atoms with Crippen molar-refractivity contribution in [2.45, 2.75) is 32.4 Å². The number of urea groups is 1. The van der Waals surface area contributed by atoms with Crippen LogP contribution in [0.4, 0.5) is 4.79 Å². The molecule has 1 heterocycles. The molecule has 0 aliphatic carbocycles. The molecule has 1 aliphatic heterocycles. The first-order valence-corrected chi connectivity index (χ1v) is 6.27. The van der Waals surface area contributed by atoms with Crippen LogP contribution in [0.2, 0.25) is 0 Å². The fourth-order valence-electron chi connectivity index (χ4n) is 1.97. The molecule has 3 unspecified atom stereocenters. The molecule has 0 saturated carbocycles. The Morgan fingerprint density at radius 1 is 1.39 bits per heavy atom. The molecule has 104 valence electrons. The lowest BCUT2D eigenvalue weighted by Gasteiger charge is -2.24. The van der Waals surface area contributed by atoms with Gasteiger partial charge in [-0.2, -0.15) is 0 Å². The van der Waals surface area contributed by atoms with Crippen LogP contribution < -0.4 is 5.32 Å². The number of carbonyl (C=O) groups excluding carboxylic acids is 1. The van der Waals surface area contributed by atoms with Gasteiger partial charge in [-0.1, -0.05) is 0 Å². The molecule has 0 aromatic rings. The van der Waals surface area contributed by atoms with Crippen molar-refractivity contribution >= 4 is 12.0 Å². The summed E-state index contributed by atoms with van der Waals surface area (Å²) in [5, 5.41) is 11.6. The first-order chi connectivity index (χ1) is 8.32. The number of likely N-dealkylation sites (N-methyl/N-ethyl adjacent to an activating group) is 1. The van der Waals surface area contributed by atoms with E-state index in [0.29, 0.717) is 12.6 Å². The normalized spacial score (nSPS) is 22.9. The van der Waals surface area contributed by atoms with Crippen LogP contribution in [0.25, 0.3) is 0 Å². The zero-order chi connectivity index (χ0) is 13.9. The van der Waals surface area contributed by atoms with E-state index < -0.39 is 11.9 Å². The SMILES string of the molecule is CC(NC(=O)N1CCC(N(C)C)C1)C(C)C(=O)O. The van der Waals surface area contributed by atoms with Crippen molar-refractivity contribution in [3.8, 4) is 0 Å². The van der Waals surface area contributed by atoms with E-state index in [0.717, 1.165) is 13.0 Å². The summed E-state index contributed by atoms with van der Waals surface area (Å²) in [6, 6.07) is -0.142. The van der Waals surface area contributed by atoms with E-state index in [-0.39, 0.29) is 12.1 Å². The Bertz CT molecular complexity index is 320. The summed E-state index contributed by atoms with van der Waals surface area (Å²) in [4.78, 5) is 26.6. The number of carboxylic acids is 1. The van der Waals surface area contributed by atoms with E-state index in [9.17, 15) is 9.59 Å². The molecular formula is C12H23N3O3. The van der Waals surface area contributed by atoms with Crippen molar-refractivity contribution in [1.29, 1.82) is 0 Å². The molecule has 6 heteroatoms. The number of amides is 2. The van der Waals surface area contributed by atoms with Crippen molar-refractivity contribution in [2.75, 3.05) is 27.2 Å². The fourth-order valence-corrected chi connectivity index (χ4v) is 1.97. The van der Waals surface area contributed by atoms with E-state index in [1.807, 2.05) is 14.1 Å². The van der Waals surface area contributed by atoms with Crippen molar-refractivity contribution in [2.24, 2.45) is 5.92 Å². The number of rotatable bonds is 4. The average molecular weight is 257 g/mol. The van der Waals surface area contributed by atoms with Crippen molar-refractivity contribution in [3.63, 3.8) is 0 Å². The molecule has 1 saturated heterocycles. The number of carbonyl (C=O) groups is 2. The molecule has 6 nitrogen and oxygen atoms in total. The van der Waals surface area contributed by atoms with Gasteiger partial charge in [0.1, 0.15) is 0 Å². The summed E-state index contributed by atoms with van der Waals surface area (Å²) in [5.74, 6) is -1.48. The van der Waals surface area contributed by atoms with Gasteiger partial charge in [-0.25, -0.2) is 4.79 Å². The van der Waals surface area contributed by atoms with Crippen LogP contribution in [0.3, 0.4) is 0 Å². The zero-order valence-electron chi connectivity index (χ0n) is 11.5. The number of nitrogens with one attached hydrogen (secondary N) is 1.